The normalized spacial score (nSPS) is 18.9. The molecule has 6 rings (SSSR count). The highest BCUT2D eigenvalue weighted by molar-refractivity contribution is 5.91. The maximum absolute atomic E-state index is 16.2. The van der Waals surface area contributed by atoms with Gasteiger partial charge in [-0.2, -0.15) is 4.98 Å². The molecule has 1 amide bonds. The highest BCUT2D eigenvalue weighted by Gasteiger charge is 2.34. The first-order valence-electron chi connectivity index (χ1n) is 15.6. The highest BCUT2D eigenvalue weighted by atomic mass is 19.1. The van der Waals surface area contributed by atoms with Crippen LogP contribution in [0.2, 0.25) is 0 Å². The summed E-state index contributed by atoms with van der Waals surface area (Å²) in [4.78, 5) is 44.4. The fraction of sp³-hybridized carbons (Fsp3) is 0.343. The number of nitrogens with one attached hydrogen (secondary N) is 1. The molecule has 2 aliphatic rings. The summed E-state index contributed by atoms with van der Waals surface area (Å²) in [7, 11) is 0. The second-order valence-electron chi connectivity index (χ2n) is 12.3. The largest absolute Gasteiger partial charge is 0.382 e. The number of hydrogen-bond acceptors (Lipinski definition) is 7. The second kappa shape index (κ2) is 12.5. The van der Waals surface area contributed by atoms with Gasteiger partial charge in [-0.25, -0.2) is 23.1 Å². The van der Waals surface area contributed by atoms with Crippen LogP contribution in [-0.4, -0.2) is 62.0 Å². The third-order valence-electron chi connectivity index (χ3n) is 8.67. The van der Waals surface area contributed by atoms with E-state index in [1.165, 1.54) is 28.8 Å². The van der Waals surface area contributed by atoms with Crippen molar-refractivity contribution in [3.8, 4) is 16.9 Å². The fourth-order valence-corrected chi connectivity index (χ4v) is 6.29. The smallest absolute Gasteiger partial charge is 0.355 e. The molecule has 238 valence electrons. The molecule has 0 aliphatic carbocycles. The average molecular weight is 626 g/mol. The van der Waals surface area contributed by atoms with Crippen LogP contribution < -0.4 is 15.9 Å². The first kappa shape index (κ1) is 31.1. The van der Waals surface area contributed by atoms with Crippen molar-refractivity contribution in [2.24, 2.45) is 0 Å². The van der Waals surface area contributed by atoms with Gasteiger partial charge >= 0.3 is 5.69 Å². The lowest BCUT2D eigenvalue weighted by Crippen LogP contribution is -2.58. The number of nitrogens with zero attached hydrogens (tertiary/aromatic N) is 6. The topological polar surface area (TPSA) is 96.3 Å². The third kappa shape index (κ3) is 5.65. The summed E-state index contributed by atoms with van der Waals surface area (Å²) in [5.74, 6) is -1.40. The van der Waals surface area contributed by atoms with Gasteiger partial charge in [0.1, 0.15) is 23.1 Å². The van der Waals surface area contributed by atoms with Crippen LogP contribution in [0, 0.1) is 11.6 Å². The summed E-state index contributed by atoms with van der Waals surface area (Å²) in [6.07, 6.45) is 8.56. The van der Waals surface area contributed by atoms with Crippen molar-refractivity contribution >= 4 is 28.4 Å². The van der Waals surface area contributed by atoms with E-state index < -0.39 is 17.3 Å². The third-order valence-corrected chi connectivity index (χ3v) is 8.67. The summed E-state index contributed by atoms with van der Waals surface area (Å²) in [5, 5.41) is 3.52. The van der Waals surface area contributed by atoms with E-state index in [2.05, 4.69) is 16.9 Å². The lowest BCUT2D eigenvalue weighted by atomic mass is 10.0. The monoisotopic (exact) mass is 625 g/mol. The van der Waals surface area contributed by atoms with Crippen LogP contribution in [0.1, 0.15) is 51.3 Å². The number of fused-ring (bicyclic) bond motifs is 7. The zero-order chi connectivity index (χ0) is 32.7. The van der Waals surface area contributed by atoms with Gasteiger partial charge in [-0.1, -0.05) is 32.6 Å². The molecule has 0 saturated carbocycles. The minimum absolute atomic E-state index is 0.0349. The van der Waals surface area contributed by atoms with E-state index in [-0.39, 0.29) is 46.6 Å². The van der Waals surface area contributed by atoms with Gasteiger partial charge in [0.15, 0.2) is 5.65 Å². The van der Waals surface area contributed by atoms with Crippen molar-refractivity contribution in [1.82, 2.24) is 24.4 Å². The molecule has 3 aromatic heterocycles. The van der Waals surface area contributed by atoms with Gasteiger partial charge in [-0.15, -0.1) is 0 Å². The molecule has 1 N–H and O–H groups in total. The number of anilines is 2. The quantitative estimate of drug-likeness (QED) is 0.228. The van der Waals surface area contributed by atoms with Crippen LogP contribution in [0.15, 0.2) is 66.1 Å². The number of benzene rings is 1. The number of hydrogen-bond donors (Lipinski definition) is 1. The number of allylic oxidation sites excluding steroid dienone is 1. The van der Waals surface area contributed by atoms with Crippen molar-refractivity contribution in [1.29, 1.82) is 0 Å². The SMILES string of the molecule is C=CC(=O)N1C[C@H](C)N(c2nc(=O)n3c4nc(c(F)cc24)-c2cc(ccc2F)NC/C=C\CCc2cnc(C(C)C)c-3c2)C[C@H]1C. The minimum Gasteiger partial charge on any atom is -0.382 e. The Morgan fingerprint density at radius 3 is 2.63 bits per heavy atom. The van der Waals surface area contributed by atoms with Crippen molar-refractivity contribution in [2.45, 2.75) is 58.5 Å². The molecule has 1 saturated heterocycles. The van der Waals surface area contributed by atoms with Gasteiger partial charge in [0.25, 0.3) is 0 Å². The van der Waals surface area contributed by atoms with E-state index in [9.17, 15) is 9.59 Å². The molecule has 11 heteroatoms. The van der Waals surface area contributed by atoms with Gasteiger partial charge in [0.2, 0.25) is 5.91 Å². The van der Waals surface area contributed by atoms with Crippen LogP contribution in [0.5, 0.6) is 0 Å². The number of halogens is 2. The first-order chi connectivity index (χ1) is 22.1. The van der Waals surface area contributed by atoms with E-state index in [1.54, 1.807) is 11.0 Å². The van der Waals surface area contributed by atoms with Crippen LogP contribution in [0.3, 0.4) is 0 Å². The van der Waals surface area contributed by atoms with Crippen LogP contribution in [0.4, 0.5) is 20.3 Å². The molecule has 1 fully saturated rings. The summed E-state index contributed by atoms with van der Waals surface area (Å²) in [6.45, 7) is 12.6. The van der Waals surface area contributed by atoms with Gasteiger partial charge < -0.3 is 15.1 Å². The number of pyridine rings is 2. The molecule has 6 bridgehead atoms. The van der Waals surface area contributed by atoms with E-state index in [4.69, 9.17) is 9.97 Å². The maximum Gasteiger partial charge on any atom is 0.355 e. The molecule has 0 unspecified atom stereocenters. The Kier molecular flexibility index (Phi) is 8.41. The van der Waals surface area contributed by atoms with Crippen LogP contribution >= 0.6 is 0 Å². The molecule has 0 spiro atoms. The molecule has 1 aromatic carbocycles. The van der Waals surface area contributed by atoms with Crippen molar-refractivity contribution in [2.75, 3.05) is 29.9 Å². The molecule has 2 aliphatic heterocycles. The fourth-order valence-electron chi connectivity index (χ4n) is 6.29. The number of piperazine rings is 1. The first-order valence-corrected chi connectivity index (χ1v) is 15.6. The van der Waals surface area contributed by atoms with Gasteiger partial charge in [0.05, 0.1) is 16.8 Å². The summed E-state index contributed by atoms with van der Waals surface area (Å²) < 4.78 is 32.9. The number of aryl methyl sites for hydroxylation is 1. The predicted octanol–water partition coefficient (Wildman–Crippen LogP) is 5.77. The Bertz CT molecular complexity index is 1940. The molecular formula is C35H37F2N7O2. The minimum atomic E-state index is -0.755. The van der Waals surface area contributed by atoms with Gasteiger partial charge in [-0.05, 0) is 74.6 Å². The summed E-state index contributed by atoms with van der Waals surface area (Å²) >= 11 is 0. The Morgan fingerprint density at radius 2 is 1.87 bits per heavy atom. The number of carbonyl (C=O) groups excluding carboxylic acids is 1. The summed E-state index contributed by atoms with van der Waals surface area (Å²) in [6, 6.07) is 7.10. The molecule has 5 heterocycles. The Balaban J connectivity index is 1.66. The highest BCUT2D eigenvalue weighted by Crippen LogP contribution is 2.35. The van der Waals surface area contributed by atoms with E-state index >= 15 is 8.78 Å². The summed E-state index contributed by atoms with van der Waals surface area (Å²) in [5.41, 5.74) is 1.94. The molecule has 2 atom stereocenters. The lowest BCUT2D eigenvalue weighted by molar-refractivity contribution is -0.128. The van der Waals surface area contributed by atoms with Gasteiger partial charge in [0, 0.05) is 49.2 Å². The van der Waals surface area contributed by atoms with Crippen LogP contribution in [-0.2, 0) is 11.2 Å². The van der Waals surface area contributed by atoms with E-state index in [0.717, 1.165) is 12.0 Å². The van der Waals surface area contributed by atoms with E-state index in [1.807, 2.05) is 57.0 Å². The standard InChI is InChI=1S/C35H37F2N7O2/c1-6-30(45)42-18-22(5)43(19-21(42)4)33-26-16-28(37)32-25-15-24(11-12-27(25)36)38-13-9-7-8-10-23-14-29(31(20(2)3)39-17-23)44(34(26)40-32)35(46)41-33/h6-7,9,11-12,14-17,20-22,38H,1,8,10,13,18-19H2,2-5H3/b9-7-/t21-,22+/m1/s1. The molecule has 0 radical (unpaired) electrons. The number of rotatable bonds is 3. The van der Waals surface area contributed by atoms with Crippen molar-refractivity contribution < 1.29 is 13.6 Å². The second-order valence-corrected chi connectivity index (χ2v) is 12.3. The van der Waals surface area contributed by atoms with E-state index in [0.29, 0.717) is 48.5 Å². The Morgan fingerprint density at radius 1 is 1.07 bits per heavy atom. The molecular weight excluding hydrogens is 588 g/mol. The number of aromatic nitrogens is 4. The van der Waals surface area contributed by atoms with Crippen molar-refractivity contribution in [3.05, 3.63) is 94.7 Å². The zero-order valence-electron chi connectivity index (χ0n) is 26.4. The van der Waals surface area contributed by atoms with Crippen LogP contribution in [0.25, 0.3) is 28.0 Å². The molecule has 4 aromatic rings. The lowest BCUT2D eigenvalue weighted by Gasteiger charge is -2.44. The average Bonchev–Trinajstić information content (AvgIpc) is 3.03. The number of carbonyl (C=O) groups is 1. The zero-order valence-corrected chi connectivity index (χ0v) is 26.4. The predicted molar refractivity (Wildman–Crippen MR) is 177 cm³/mol. The van der Waals surface area contributed by atoms with Gasteiger partial charge in [-0.3, -0.25) is 9.78 Å². The molecule has 9 nitrogen and oxygen atoms in total. The maximum atomic E-state index is 16.2. The Hall–Kier alpha value is -4.93. The Labute approximate surface area is 266 Å². The molecule has 46 heavy (non-hydrogen) atoms. The van der Waals surface area contributed by atoms with Crippen molar-refractivity contribution in [3.63, 3.8) is 0 Å². The number of amides is 1.